The fourth-order valence-corrected chi connectivity index (χ4v) is 3.74. The minimum atomic E-state index is -1.70. The second-order valence-electron chi connectivity index (χ2n) is 7.43. The molecule has 3 rings (SSSR count). The van der Waals surface area contributed by atoms with Crippen LogP contribution in [0, 0.1) is 5.82 Å². The minimum absolute atomic E-state index is 0.0119. The average molecular weight is 500 g/mol. The number of hydrogen-bond donors (Lipinski definition) is 4. The number of nitrogens with one attached hydrogen (secondary N) is 1. The van der Waals surface area contributed by atoms with E-state index in [0.29, 0.717) is 10.8 Å². The molecule has 2 unspecified atom stereocenters. The molecule has 2 heterocycles. The van der Waals surface area contributed by atoms with Crippen molar-refractivity contribution in [3.05, 3.63) is 50.0 Å². The zero-order valence-corrected chi connectivity index (χ0v) is 19.0. The fourth-order valence-electron chi connectivity index (χ4n) is 3.74. The first-order valence-corrected chi connectivity index (χ1v) is 10.3. The summed E-state index contributed by atoms with van der Waals surface area (Å²) < 4.78 is 40.8. The van der Waals surface area contributed by atoms with E-state index in [4.69, 9.17) is 23.7 Å². The van der Waals surface area contributed by atoms with Crippen LogP contribution in [-0.4, -0.2) is 83.7 Å². The number of carbonyl (C=O) groups excluding carboxylic acids is 1. The van der Waals surface area contributed by atoms with Gasteiger partial charge in [-0.05, 0) is 6.07 Å². The third kappa shape index (κ3) is 5.00. The average Bonchev–Trinajstić information content (AvgIpc) is 3.12. The van der Waals surface area contributed by atoms with Crippen LogP contribution in [0.2, 0.25) is 0 Å². The Bertz CT molecular complexity index is 1200. The lowest BCUT2D eigenvalue weighted by molar-refractivity contribution is -0.0602. The first kappa shape index (κ1) is 26.2. The highest BCUT2D eigenvalue weighted by Crippen LogP contribution is 2.42. The Morgan fingerprint density at radius 3 is 2.43 bits per heavy atom. The molecule has 35 heavy (non-hydrogen) atoms. The van der Waals surface area contributed by atoms with Gasteiger partial charge in [0.15, 0.2) is 17.7 Å². The number of carbonyl (C=O) groups is 1. The number of aromatic amines is 1. The Balaban J connectivity index is 1.84. The first-order valence-electron chi connectivity index (χ1n) is 10.3. The summed E-state index contributed by atoms with van der Waals surface area (Å²) >= 11 is 0. The third-order valence-electron chi connectivity index (χ3n) is 5.43. The molecule has 0 radical (unpaired) electrons. The molecule has 1 saturated heterocycles. The molecule has 13 nitrogen and oxygen atoms in total. The molecule has 14 heteroatoms. The van der Waals surface area contributed by atoms with Crippen molar-refractivity contribution in [2.75, 3.05) is 34.5 Å². The summed E-state index contributed by atoms with van der Waals surface area (Å²) in [6.45, 7) is -0.891. The number of methoxy groups -OCH3 is 3. The Morgan fingerprint density at radius 2 is 1.83 bits per heavy atom. The van der Waals surface area contributed by atoms with Crippen LogP contribution in [0.15, 0.2) is 21.9 Å². The predicted molar refractivity (Wildman–Crippen MR) is 114 cm³/mol. The molecule has 1 aromatic heterocycles. The molecule has 0 bridgehead atoms. The molecule has 4 N–H and O–H groups in total. The van der Waals surface area contributed by atoms with Crippen molar-refractivity contribution < 1.29 is 48.2 Å². The molecule has 1 aliphatic rings. The standard InChI is InChI=1S/C21H25FN2O11/c1-31-12-6-10(9(4-5-25)16(32-2)17(12)33-3)20(29)34-8-13-14(26)15(27)19(35-13)24-7-11(22)18(28)23-21(24)30/h6-7,13-15,19,25-27H,4-5,8H2,1-3H3,(H,23,28,30)/t13-,14?,15?,19-/m0/s1. The van der Waals surface area contributed by atoms with Crippen LogP contribution >= 0.6 is 0 Å². The largest absolute Gasteiger partial charge is 0.493 e. The van der Waals surface area contributed by atoms with E-state index in [9.17, 15) is 34.1 Å². The van der Waals surface area contributed by atoms with Crippen LogP contribution in [-0.2, 0) is 15.9 Å². The van der Waals surface area contributed by atoms with E-state index >= 15 is 0 Å². The van der Waals surface area contributed by atoms with E-state index in [1.54, 1.807) is 4.98 Å². The molecule has 0 saturated carbocycles. The molecule has 0 spiro atoms. The van der Waals surface area contributed by atoms with Gasteiger partial charge in [-0.1, -0.05) is 0 Å². The number of ether oxygens (including phenoxy) is 5. The molecular formula is C21H25FN2O11. The van der Waals surface area contributed by atoms with Gasteiger partial charge >= 0.3 is 11.7 Å². The molecule has 0 amide bonds. The number of aliphatic hydroxyl groups excluding tert-OH is 3. The van der Waals surface area contributed by atoms with Crippen LogP contribution < -0.4 is 25.5 Å². The monoisotopic (exact) mass is 500 g/mol. The van der Waals surface area contributed by atoms with Gasteiger partial charge in [0.25, 0.3) is 5.56 Å². The van der Waals surface area contributed by atoms with Gasteiger partial charge in [0.1, 0.15) is 24.9 Å². The van der Waals surface area contributed by atoms with E-state index in [2.05, 4.69) is 0 Å². The zero-order chi connectivity index (χ0) is 25.9. The lowest BCUT2D eigenvalue weighted by Crippen LogP contribution is -2.38. The van der Waals surface area contributed by atoms with Gasteiger partial charge < -0.3 is 39.0 Å². The molecule has 0 aliphatic carbocycles. The van der Waals surface area contributed by atoms with E-state index in [1.165, 1.54) is 27.4 Å². The smallest absolute Gasteiger partial charge is 0.338 e. The van der Waals surface area contributed by atoms with Crippen LogP contribution in [0.3, 0.4) is 0 Å². The van der Waals surface area contributed by atoms with Crippen molar-refractivity contribution in [1.29, 1.82) is 0 Å². The minimum Gasteiger partial charge on any atom is -0.493 e. The van der Waals surface area contributed by atoms with Gasteiger partial charge in [-0.2, -0.15) is 4.39 Å². The van der Waals surface area contributed by atoms with Crippen molar-refractivity contribution >= 4 is 5.97 Å². The van der Waals surface area contributed by atoms with E-state index in [1.807, 2.05) is 0 Å². The van der Waals surface area contributed by atoms with Crippen LogP contribution in [0.1, 0.15) is 22.1 Å². The summed E-state index contributed by atoms with van der Waals surface area (Å²) in [4.78, 5) is 37.9. The fraction of sp³-hybridized carbons (Fsp3) is 0.476. The third-order valence-corrected chi connectivity index (χ3v) is 5.43. The maximum absolute atomic E-state index is 13.6. The Kier molecular flexibility index (Phi) is 8.11. The number of hydrogen-bond acceptors (Lipinski definition) is 11. The Morgan fingerprint density at radius 1 is 1.14 bits per heavy atom. The Hall–Kier alpha value is -3.46. The second kappa shape index (κ2) is 10.9. The number of H-pyrrole nitrogens is 1. The summed E-state index contributed by atoms with van der Waals surface area (Å²) in [6.07, 6.45) is -5.63. The zero-order valence-electron chi connectivity index (χ0n) is 19.0. The molecule has 4 atom stereocenters. The summed E-state index contributed by atoms with van der Waals surface area (Å²) in [6, 6.07) is 1.33. The number of benzene rings is 1. The van der Waals surface area contributed by atoms with Gasteiger partial charge in [0.05, 0.1) is 33.1 Å². The molecule has 192 valence electrons. The number of aliphatic hydroxyl groups is 3. The maximum atomic E-state index is 13.6. The van der Waals surface area contributed by atoms with Crippen molar-refractivity contribution in [3.8, 4) is 17.2 Å². The van der Waals surface area contributed by atoms with Crippen molar-refractivity contribution in [3.63, 3.8) is 0 Å². The van der Waals surface area contributed by atoms with E-state index in [0.717, 1.165) is 0 Å². The van der Waals surface area contributed by atoms with Gasteiger partial charge in [0, 0.05) is 18.6 Å². The summed E-state index contributed by atoms with van der Waals surface area (Å²) in [5.41, 5.74) is -2.07. The SMILES string of the molecule is COc1cc(C(=O)OC[C@@H]2O[C@H](n3cc(F)c(=O)[nH]c3=O)C(O)C2O)c(CCO)c(OC)c1OC. The van der Waals surface area contributed by atoms with E-state index < -0.39 is 54.2 Å². The lowest BCUT2D eigenvalue weighted by atomic mass is 10.0. The van der Waals surface area contributed by atoms with Crippen LogP contribution in [0.5, 0.6) is 17.2 Å². The molecular weight excluding hydrogens is 475 g/mol. The second-order valence-corrected chi connectivity index (χ2v) is 7.43. The van der Waals surface area contributed by atoms with Crippen molar-refractivity contribution in [1.82, 2.24) is 9.55 Å². The Labute approximate surface area is 197 Å². The molecule has 1 aliphatic heterocycles. The summed E-state index contributed by atoms with van der Waals surface area (Å²) in [7, 11) is 4.07. The first-order chi connectivity index (χ1) is 16.7. The topological polar surface area (TPSA) is 179 Å². The quantitative estimate of drug-likeness (QED) is 0.301. The highest BCUT2D eigenvalue weighted by atomic mass is 19.1. The number of esters is 1. The van der Waals surface area contributed by atoms with Crippen LogP contribution in [0.25, 0.3) is 0 Å². The predicted octanol–water partition coefficient (Wildman–Crippen LogP) is -1.29. The maximum Gasteiger partial charge on any atom is 0.338 e. The highest BCUT2D eigenvalue weighted by molar-refractivity contribution is 5.93. The number of rotatable bonds is 9. The van der Waals surface area contributed by atoms with Gasteiger partial charge in [-0.15, -0.1) is 0 Å². The summed E-state index contributed by atoms with van der Waals surface area (Å²) in [5, 5.41) is 30.1. The van der Waals surface area contributed by atoms with Crippen molar-refractivity contribution in [2.24, 2.45) is 0 Å². The number of nitrogens with zero attached hydrogens (tertiary/aromatic N) is 1. The van der Waals surface area contributed by atoms with Gasteiger partial charge in [-0.3, -0.25) is 14.3 Å². The van der Waals surface area contributed by atoms with E-state index in [-0.39, 0.29) is 41.4 Å². The van der Waals surface area contributed by atoms with Crippen LogP contribution in [0.4, 0.5) is 4.39 Å². The molecule has 1 aromatic carbocycles. The van der Waals surface area contributed by atoms with Crippen molar-refractivity contribution in [2.45, 2.75) is 31.0 Å². The lowest BCUT2D eigenvalue weighted by Gasteiger charge is -2.20. The van der Waals surface area contributed by atoms with Gasteiger partial charge in [-0.25, -0.2) is 9.59 Å². The molecule has 1 fully saturated rings. The van der Waals surface area contributed by atoms with Gasteiger partial charge in [0.2, 0.25) is 11.6 Å². The number of halogens is 1. The summed E-state index contributed by atoms with van der Waals surface area (Å²) in [5.74, 6) is -1.68. The molecule has 2 aromatic rings. The normalized spacial score (nSPS) is 21.6. The number of aromatic nitrogens is 2. The highest BCUT2D eigenvalue weighted by Gasteiger charge is 2.45.